The van der Waals surface area contributed by atoms with E-state index in [2.05, 4.69) is 55.7 Å². The Morgan fingerprint density at radius 3 is 2.16 bits per heavy atom. The molecule has 1 fully saturated rings. The van der Waals surface area contributed by atoms with E-state index in [1.807, 2.05) is 41.3 Å². The van der Waals surface area contributed by atoms with Gasteiger partial charge in [0.15, 0.2) is 0 Å². The van der Waals surface area contributed by atoms with Crippen LogP contribution in [0.3, 0.4) is 0 Å². The van der Waals surface area contributed by atoms with Crippen molar-refractivity contribution in [1.82, 2.24) is 4.90 Å². The van der Waals surface area contributed by atoms with Crippen molar-refractivity contribution in [3.63, 3.8) is 0 Å². The average Bonchev–Trinajstić information content (AvgIpc) is 2.84. The van der Waals surface area contributed by atoms with Gasteiger partial charge in [-0.3, -0.25) is 4.79 Å². The highest BCUT2D eigenvalue weighted by Gasteiger charge is 2.31. The molecule has 1 amide bonds. The van der Waals surface area contributed by atoms with Gasteiger partial charge < -0.3 is 4.90 Å². The number of likely N-dealkylation sites (tertiary alicyclic amines) is 1. The summed E-state index contributed by atoms with van der Waals surface area (Å²) in [6, 6.07) is 20.5. The second-order valence-electron chi connectivity index (χ2n) is 7.65. The molecule has 2 aromatic rings. The Morgan fingerprint density at radius 2 is 1.56 bits per heavy atom. The van der Waals surface area contributed by atoms with Crippen molar-refractivity contribution in [2.75, 3.05) is 6.54 Å². The van der Waals surface area contributed by atoms with Crippen molar-refractivity contribution in [3.8, 4) is 0 Å². The minimum absolute atomic E-state index is 0.161. The molecule has 128 valence electrons. The summed E-state index contributed by atoms with van der Waals surface area (Å²) in [5.74, 6) is 0.161. The highest BCUT2D eigenvalue weighted by molar-refractivity contribution is 6.81. The molecule has 0 N–H and O–H groups in total. The number of rotatable bonds is 4. The van der Waals surface area contributed by atoms with Gasteiger partial charge in [-0.25, -0.2) is 0 Å². The molecular weight excluding hydrogens is 322 g/mol. The van der Waals surface area contributed by atoms with Crippen LogP contribution in [0, 0.1) is 0 Å². The minimum Gasteiger partial charge on any atom is -0.330 e. The molecule has 0 radical (unpaired) electrons. The largest absolute Gasteiger partial charge is 0.330 e. The zero-order valence-electron chi connectivity index (χ0n) is 15.2. The van der Waals surface area contributed by atoms with Crippen molar-refractivity contribution in [1.29, 1.82) is 0 Å². The SMILES string of the molecule is C[Si](C)(C)/C=C1\C(=O)N(Cc2ccccc2)C\C1=C/c1ccccc1. The van der Waals surface area contributed by atoms with Gasteiger partial charge in [-0.1, -0.05) is 86.0 Å². The fraction of sp³-hybridized carbons (Fsp3) is 0.227. The second-order valence-corrected chi connectivity index (χ2v) is 12.7. The monoisotopic (exact) mass is 347 g/mol. The highest BCUT2D eigenvalue weighted by atomic mass is 28.3. The lowest BCUT2D eigenvalue weighted by atomic mass is 10.1. The second kappa shape index (κ2) is 7.24. The zero-order chi connectivity index (χ0) is 17.9. The maximum Gasteiger partial charge on any atom is 0.254 e. The summed E-state index contributed by atoms with van der Waals surface area (Å²) in [7, 11) is -1.50. The Hall–Kier alpha value is -2.39. The van der Waals surface area contributed by atoms with Crippen molar-refractivity contribution in [2.24, 2.45) is 0 Å². The molecule has 0 atom stereocenters. The van der Waals surface area contributed by atoms with Crippen LogP contribution in [0.15, 0.2) is 77.5 Å². The molecule has 25 heavy (non-hydrogen) atoms. The molecule has 2 aromatic carbocycles. The van der Waals surface area contributed by atoms with Gasteiger partial charge in [0.2, 0.25) is 0 Å². The van der Waals surface area contributed by atoms with Gasteiger partial charge >= 0.3 is 0 Å². The predicted molar refractivity (Wildman–Crippen MR) is 108 cm³/mol. The van der Waals surface area contributed by atoms with E-state index in [1.54, 1.807) is 0 Å². The van der Waals surface area contributed by atoms with Gasteiger partial charge in [-0.2, -0.15) is 0 Å². The van der Waals surface area contributed by atoms with Crippen LogP contribution in [-0.2, 0) is 11.3 Å². The van der Waals surface area contributed by atoms with E-state index in [1.165, 1.54) is 5.56 Å². The maximum atomic E-state index is 13.0. The molecule has 1 heterocycles. The van der Waals surface area contributed by atoms with Crippen molar-refractivity contribution in [3.05, 3.63) is 88.6 Å². The van der Waals surface area contributed by atoms with E-state index in [0.29, 0.717) is 13.1 Å². The topological polar surface area (TPSA) is 20.3 Å². The summed E-state index contributed by atoms with van der Waals surface area (Å²) < 4.78 is 0. The number of benzene rings is 2. The third kappa shape index (κ3) is 4.58. The van der Waals surface area contributed by atoms with Gasteiger partial charge in [-0.15, -0.1) is 0 Å². The number of carbonyl (C=O) groups excluding carboxylic acids is 1. The summed E-state index contributed by atoms with van der Waals surface area (Å²) in [6.07, 6.45) is 2.16. The summed E-state index contributed by atoms with van der Waals surface area (Å²) in [4.78, 5) is 15.0. The van der Waals surface area contributed by atoms with E-state index in [0.717, 1.165) is 16.7 Å². The van der Waals surface area contributed by atoms with Crippen LogP contribution in [0.1, 0.15) is 11.1 Å². The number of hydrogen-bond acceptors (Lipinski definition) is 1. The van der Waals surface area contributed by atoms with E-state index < -0.39 is 8.07 Å². The Bertz CT molecular complexity index is 801. The summed E-state index contributed by atoms with van der Waals surface area (Å²) in [5.41, 5.74) is 6.60. The van der Waals surface area contributed by atoms with E-state index >= 15 is 0 Å². The first-order valence-electron chi connectivity index (χ1n) is 8.74. The normalized spacial score (nSPS) is 18.4. The Labute approximate surface area is 151 Å². The molecule has 1 aliphatic rings. The van der Waals surface area contributed by atoms with Gasteiger partial charge in [0, 0.05) is 18.7 Å². The van der Waals surface area contributed by atoms with E-state index in [9.17, 15) is 4.79 Å². The van der Waals surface area contributed by atoms with Gasteiger partial charge in [-0.05, 0) is 22.8 Å². The Morgan fingerprint density at radius 1 is 0.960 bits per heavy atom. The quantitative estimate of drug-likeness (QED) is 0.568. The van der Waals surface area contributed by atoms with Crippen molar-refractivity contribution >= 4 is 20.1 Å². The minimum atomic E-state index is -1.50. The summed E-state index contributed by atoms with van der Waals surface area (Å²) in [5, 5.41) is 0. The lowest BCUT2D eigenvalue weighted by Crippen LogP contribution is -2.25. The lowest BCUT2D eigenvalue weighted by molar-refractivity contribution is -0.125. The number of carbonyl (C=O) groups is 1. The molecule has 1 aliphatic heterocycles. The third-order valence-electron chi connectivity index (χ3n) is 4.16. The van der Waals surface area contributed by atoms with Gasteiger partial charge in [0.25, 0.3) is 5.91 Å². The lowest BCUT2D eigenvalue weighted by Gasteiger charge is -2.15. The van der Waals surface area contributed by atoms with Crippen LogP contribution < -0.4 is 0 Å². The van der Waals surface area contributed by atoms with Crippen molar-refractivity contribution in [2.45, 2.75) is 26.2 Å². The van der Waals surface area contributed by atoms with Crippen LogP contribution in [-0.4, -0.2) is 25.4 Å². The van der Waals surface area contributed by atoms with E-state index in [-0.39, 0.29) is 5.91 Å². The smallest absolute Gasteiger partial charge is 0.254 e. The number of hydrogen-bond donors (Lipinski definition) is 0. The molecule has 2 nitrogen and oxygen atoms in total. The predicted octanol–water partition coefficient (Wildman–Crippen LogP) is 4.92. The number of nitrogens with zero attached hydrogens (tertiary/aromatic N) is 1. The molecule has 3 rings (SSSR count). The molecular formula is C22H25NOSi. The first kappa shape index (κ1) is 17.4. The van der Waals surface area contributed by atoms with Crippen LogP contribution in [0.5, 0.6) is 0 Å². The Balaban J connectivity index is 1.94. The first-order valence-corrected chi connectivity index (χ1v) is 12.3. The fourth-order valence-electron chi connectivity index (χ4n) is 3.06. The molecule has 0 saturated carbocycles. The highest BCUT2D eigenvalue weighted by Crippen LogP contribution is 2.28. The molecule has 1 saturated heterocycles. The van der Waals surface area contributed by atoms with Crippen LogP contribution in [0.4, 0.5) is 0 Å². The fourth-order valence-corrected chi connectivity index (χ4v) is 4.24. The molecule has 0 aromatic heterocycles. The first-order chi connectivity index (χ1) is 11.9. The zero-order valence-corrected chi connectivity index (χ0v) is 16.2. The average molecular weight is 348 g/mol. The van der Waals surface area contributed by atoms with Gasteiger partial charge in [0.05, 0.1) is 8.07 Å². The summed E-state index contributed by atoms with van der Waals surface area (Å²) >= 11 is 0. The van der Waals surface area contributed by atoms with Gasteiger partial charge in [0.1, 0.15) is 0 Å². The molecule has 0 spiro atoms. The number of amides is 1. The third-order valence-corrected chi connectivity index (χ3v) is 5.31. The molecule has 3 heteroatoms. The van der Waals surface area contributed by atoms with E-state index in [4.69, 9.17) is 0 Å². The van der Waals surface area contributed by atoms with Crippen LogP contribution in [0.25, 0.3) is 6.08 Å². The van der Waals surface area contributed by atoms with Crippen LogP contribution >= 0.6 is 0 Å². The molecule has 0 bridgehead atoms. The summed E-state index contributed by atoms with van der Waals surface area (Å²) in [6.45, 7) is 8.15. The standard InChI is InChI=1S/C22H25NOSi/c1-25(2,3)17-21-20(14-18-10-6-4-7-11-18)16-23(22(21)24)15-19-12-8-5-9-13-19/h4-14,17H,15-16H2,1-3H3/b20-14+,21-17-. The maximum absolute atomic E-state index is 13.0. The van der Waals surface area contributed by atoms with Crippen LogP contribution in [0.2, 0.25) is 19.6 Å². The van der Waals surface area contributed by atoms with Crippen molar-refractivity contribution < 1.29 is 4.79 Å². The molecule has 0 unspecified atom stereocenters. The molecule has 0 aliphatic carbocycles. The Kier molecular flexibility index (Phi) is 5.05.